The summed E-state index contributed by atoms with van der Waals surface area (Å²) in [5.74, 6) is 2.95. The van der Waals surface area contributed by atoms with Crippen molar-refractivity contribution in [1.29, 1.82) is 0 Å². The quantitative estimate of drug-likeness (QED) is 0.554. The number of hydrogen-bond acceptors (Lipinski definition) is 1. The van der Waals surface area contributed by atoms with E-state index in [4.69, 9.17) is 0 Å². The van der Waals surface area contributed by atoms with Crippen LogP contribution in [0, 0.1) is 23.2 Å². The second kappa shape index (κ2) is 2.08. The Balaban J connectivity index is 1.92. The molecule has 0 saturated heterocycles. The summed E-state index contributed by atoms with van der Waals surface area (Å²) < 4.78 is 0. The first kappa shape index (κ1) is 7.78. The molecule has 3 atom stereocenters. The first-order chi connectivity index (χ1) is 6.10. The van der Waals surface area contributed by atoms with Crippen molar-refractivity contribution >= 4 is 5.78 Å². The van der Waals surface area contributed by atoms with Crippen LogP contribution in [0.3, 0.4) is 0 Å². The van der Waals surface area contributed by atoms with E-state index in [1.807, 2.05) is 6.08 Å². The topological polar surface area (TPSA) is 17.1 Å². The Hall–Kier alpha value is -0.590. The minimum Gasteiger partial charge on any atom is -0.295 e. The third kappa shape index (κ3) is 0.853. The molecule has 0 aliphatic heterocycles. The number of hydrogen-bond donors (Lipinski definition) is 0. The maximum atomic E-state index is 11.2. The van der Waals surface area contributed by atoms with Gasteiger partial charge in [-0.25, -0.2) is 0 Å². The molecule has 2 unspecified atom stereocenters. The molecular weight excluding hydrogens is 160 g/mol. The van der Waals surface area contributed by atoms with Crippen LogP contribution in [0.2, 0.25) is 0 Å². The molecule has 0 aromatic carbocycles. The second-order valence-electron chi connectivity index (χ2n) is 5.49. The van der Waals surface area contributed by atoms with Gasteiger partial charge in [0.1, 0.15) is 0 Å². The van der Waals surface area contributed by atoms with Crippen LogP contribution < -0.4 is 0 Å². The predicted molar refractivity (Wildman–Crippen MR) is 51.2 cm³/mol. The molecule has 0 aromatic heterocycles. The van der Waals surface area contributed by atoms with Crippen molar-refractivity contribution in [3.05, 3.63) is 11.6 Å². The smallest absolute Gasteiger partial charge is 0.155 e. The molecule has 0 spiro atoms. The maximum Gasteiger partial charge on any atom is 0.155 e. The Kier molecular flexibility index (Phi) is 1.24. The summed E-state index contributed by atoms with van der Waals surface area (Å²) >= 11 is 0. The van der Waals surface area contributed by atoms with Crippen molar-refractivity contribution in [1.82, 2.24) is 0 Å². The largest absolute Gasteiger partial charge is 0.295 e. The van der Waals surface area contributed by atoms with E-state index in [-0.39, 0.29) is 0 Å². The van der Waals surface area contributed by atoms with Crippen LogP contribution in [0.1, 0.15) is 33.1 Å². The average molecular weight is 176 g/mol. The zero-order chi connectivity index (χ0) is 9.22. The Bertz CT molecular complexity index is 311. The third-order valence-corrected chi connectivity index (χ3v) is 4.55. The molecule has 3 aliphatic carbocycles. The van der Waals surface area contributed by atoms with E-state index in [0.717, 1.165) is 30.6 Å². The summed E-state index contributed by atoms with van der Waals surface area (Å²) in [5, 5.41) is 0. The molecule has 0 bridgehead atoms. The van der Waals surface area contributed by atoms with Crippen molar-refractivity contribution in [2.75, 3.05) is 0 Å². The van der Waals surface area contributed by atoms with Crippen LogP contribution in [0.25, 0.3) is 0 Å². The molecule has 0 aromatic rings. The fourth-order valence-electron chi connectivity index (χ4n) is 3.72. The predicted octanol–water partition coefficient (Wildman–Crippen LogP) is 2.57. The van der Waals surface area contributed by atoms with Gasteiger partial charge in [0.25, 0.3) is 0 Å². The number of ketones is 1. The summed E-state index contributed by atoms with van der Waals surface area (Å²) in [5.41, 5.74) is 2.06. The number of rotatable bonds is 0. The molecule has 1 nitrogen and oxygen atoms in total. The molecule has 3 aliphatic rings. The molecule has 13 heavy (non-hydrogen) atoms. The molecule has 0 radical (unpaired) electrons. The van der Waals surface area contributed by atoms with Gasteiger partial charge in [0, 0.05) is 6.42 Å². The highest BCUT2D eigenvalue weighted by Gasteiger charge is 2.65. The lowest BCUT2D eigenvalue weighted by molar-refractivity contribution is -0.115. The van der Waals surface area contributed by atoms with Crippen molar-refractivity contribution < 1.29 is 4.79 Å². The van der Waals surface area contributed by atoms with Gasteiger partial charge in [-0.1, -0.05) is 19.4 Å². The summed E-state index contributed by atoms with van der Waals surface area (Å²) in [4.78, 5) is 11.2. The first-order valence-electron chi connectivity index (χ1n) is 5.34. The zero-order valence-corrected chi connectivity index (χ0v) is 8.34. The highest BCUT2D eigenvalue weighted by atomic mass is 16.1. The van der Waals surface area contributed by atoms with Gasteiger partial charge in [0.2, 0.25) is 0 Å². The lowest BCUT2D eigenvalue weighted by Crippen LogP contribution is -2.16. The van der Waals surface area contributed by atoms with E-state index in [9.17, 15) is 4.79 Å². The molecular formula is C12H16O. The van der Waals surface area contributed by atoms with Gasteiger partial charge in [-0.05, 0) is 42.1 Å². The van der Waals surface area contributed by atoms with E-state index in [1.54, 1.807) is 0 Å². The van der Waals surface area contributed by atoms with Crippen molar-refractivity contribution in [3.8, 4) is 0 Å². The van der Waals surface area contributed by atoms with Gasteiger partial charge in [-0.2, -0.15) is 0 Å². The van der Waals surface area contributed by atoms with Crippen molar-refractivity contribution in [2.45, 2.75) is 33.1 Å². The number of fused-ring (bicyclic) bond motifs is 3. The molecule has 3 rings (SSSR count). The molecule has 2 saturated carbocycles. The molecule has 1 heteroatoms. The van der Waals surface area contributed by atoms with E-state index in [1.165, 1.54) is 12.0 Å². The van der Waals surface area contributed by atoms with Crippen LogP contribution in [-0.4, -0.2) is 5.78 Å². The van der Waals surface area contributed by atoms with Gasteiger partial charge in [0.15, 0.2) is 5.78 Å². The first-order valence-corrected chi connectivity index (χ1v) is 5.34. The molecule has 2 fully saturated rings. The van der Waals surface area contributed by atoms with Crippen molar-refractivity contribution in [2.24, 2.45) is 23.2 Å². The summed E-state index contributed by atoms with van der Waals surface area (Å²) in [6.07, 6.45) is 5.09. The van der Waals surface area contributed by atoms with Crippen molar-refractivity contribution in [3.63, 3.8) is 0 Å². The summed E-state index contributed by atoms with van der Waals surface area (Å²) in [7, 11) is 0. The zero-order valence-electron chi connectivity index (χ0n) is 8.34. The Morgan fingerprint density at radius 1 is 1.46 bits per heavy atom. The third-order valence-electron chi connectivity index (χ3n) is 4.55. The van der Waals surface area contributed by atoms with Crippen LogP contribution in [0.4, 0.5) is 0 Å². The van der Waals surface area contributed by atoms with E-state index < -0.39 is 0 Å². The normalized spacial score (nSPS) is 45.2. The van der Waals surface area contributed by atoms with Gasteiger partial charge in [0.05, 0.1) is 0 Å². The van der Waals surface area contributed by atoms with Crippen LogP contribution >= 0.6 is 0 Å². The van der Waals surface area contributed by atoms with E-state index in [0.29, 0.717) is 11.2 Å². The highest BCUT2D eigenvalue weighted by molar-refractivity contribution is 5.91. The standard InChI is InChI=1S/C12H16O/c1-12(2)10-6-7-5-8(13)3-4-9(7)11(10)12/h5,9-11H,3-4,6H2,1-2H3/t9?,10?,11-/m0/s1. The van der Waals surface area contributed by atoms with Gasteiger partial charge < -0.3 is 0 Å². The highest BCUT2D eigenvalue weighted by Crippen LogP contribution is 2.71. The molecule has 70 valence electrons. The number of carbonyl (C=O) groups is 1. The van der Waals surface area contributed by atoms with Crippen LogP contribution in [0.5, 0.6) is 0 Å². The van der Waals surface area contributed by atoms with Crippen LogP contribution in [-0.2, 0) is 4.79 Å². The molecule has 0 amide bonds. The van der Waals surface area contributed by atoms with Crippen LogP contribution in [0.15, 0.2) is 11.6 Å². The van der Waals surface area contributed by atoms with E-state index in [2.05, 4.69) is 13.8 Å². The Morgan fingerprint density at radius 3 is 3.00 bits per heavy atom. The van der Waals surface area contributed by atoms with Gasteiger partial charge >= 0.3 is 0 Å². The van der Waals surface area contributed by atoms with Gasteiger partial charge in [-0.15, -0.1) is 0 Å². The van der Waals surface area contributed by atoms with E-state index >= 15 is 0 Å². The minimum atomic E-state index is 0.366. The fraction of sp³-hybridized carbons (Fsp3) is 0.750. The summed E-state index contributed by atoms with van der Waals surface area (Å²) in [6.45, 7) is 4.77. The van der Waals surface area contributed by atoms with Gasteiger partial charge in [-0.3, -0.25) is 4.79 Å². The fourth-order valence-corrected chi connectivity index (χ4v) is 3.72. The number of allylic oxidation sites excluding steroid dienone is 2. The molecule has 0 N–H and O–H groups in total. The lowest BCUT2D eigenvalue weighted by Gasteiger charge is -2.23. The SMILES string of the molecule is CC1(C)C2CC3=CC(=O)CCC3[C@@H]21. The summed E-state index contributed by atoms with van der Waals surface area (Å²) in [6, 6.07) is 0. The minimum absolute atomic E-state index is 0.366. The monoisotopic (exact) mass is 176 g/mol. The maximum absolute atomic E-state index is 11.2. The lowest BCUT2D eigenvalue weighted by atomic mass is 9.81. The Morgan fingerprint density at radius 2 is 2.23 bits per heavy atom. The average Bonchev–Trinajstić information content (AvgIpc) is 2.45. The Labute approximate surface area is 79.2 Å². The molecule has 0 heterocycles. The second-order valence-corrected chi connectivity index (χ2v) is 5.49. The number of carbonyl (C=O) groups excluding carboxylic acids is 1.